The Kier molecular flexibility index (Phi) is 8.23. The SMILES string of the molecule is CC(C)C[C@@](C)(NC(=O)c1ccc(Br)cc1)C(=O)N[C@@](C)(CC(C)C)C(=O)O. The van der Waals surface area contributed by atoms with Gasteiger partial charge in [0.05, 0.1) is 0 Å². The molecule has 1 aromatic carbocycles. The largest absolute Gasteiger partial charge is 0.480 e. The van der Waals surface area contributed by atoms with E-state index in [2.05, 4.69) is 26.6 Å². The van der Waals surface area contributed by atoms with Crippen molar-refractivity contribution in [2.75, 3.05) is 0 Å². The first-order valence-electron chi connectivity index (χ1n) is 9.43. The van der Waals surface area contributed by atoms with Gasteiger partial charge in [-0.2, -0.15) is 0 Å². The molecule has 7 heteroatoms. The lowest BCUT2D eigenvalue weighted by Crippen LogP contribution is -2.63. The van der Waals surface area contributed by atoms with Gasteiger partial charge in [0.1, 0.15) is 11.1 Å². The van der Waals surface area contributed by atoms with Gasteiger partial charge in [-0.15, -0.1) is 0 Å². The molecule has 6 nitrogen and oxygen atoms in total. The normalized spacial score (nSPS) is 15.6. The van der Waals surface area contributed by atoms with Crippen LogP contribution in [0.25, 0.3) is 0 Å². The zero-order valence-electron chi connectivity index (χ0n) is 17.4. The number of carboxylic acids is 1. The fourth-order valence-electron chi connectivity index (χ4n) is 3.34. The highest BCUT2D eigenvalue weighted by Gasteiger charge is 2.42. The molecule has 1 rings (SSSR count). The summed E-state index contributed by atoms with van der Waals surface area (Å²) in [6, 6.07) is 6.82. The predicted octanol–water partition coefficient (Wildman–Crippen LogP) is 3.99. The second-order valence-electron chi connectivity index (χ2n) is 8.58. The molecule has 3 N–H and O–H groups in total. The van der Waals surface area contributed by atoms with Gasteiger partial charge in [-0.3, -0.25) is 9.59 Å². The molecule has 2 amide bonds. The van der Waals surface area contributed by atoms with Gasteiger partial charge < -0.3 is 15.7 Å². The third-order valence-electron chi connectivity index (χ3n) is 4.49. The maximum Gasteiger partial charge on any atom is 0.329 e. The summed E-state index contributed by atoms with van der Waals surface area (Å²) in [6.07, 6.45) is 0.658. The molecule has 0 aliphatic carbocycles. The van der Waals surface area contributed by atoms with Gasteiger partial charge in [-0.1, -0.05) is 43.6 Å². The minimum atomic E-state index is -1.41. The number of nitrogens with one attached hydrogen (secondary N) is 2. The summed E-state index contributed by atoms with van der Waals surface area (Å²) in [4.78, 5) is 37.6. The first kappa shape index (κ1) is 24.1. The standard InChI is InChI=1S/C21H31BrN2O4/c1-13(2)11-20(5,23-17(25)15-7-9-16(22)10-8-15)18(26)24-21(6,19(27)28)12-14(3)4/h7-10,13-14H,11-12H2,1-6H3,(H,23,25)(H,24,26)(H,27,28)/t20-,21+/m1/s1. The fraction of sp³-hybridized carbons (Fsp3) is 0.571. The van der Waals surface area contributed by atoms with E-state index in [0.29, 0.717) is 12.0 Å². The molecule has 1 aromatic rings. The first-order valence-corrected chi connectivity index (χ1v) is 10.2. The molecule has 28 heavy (non-hydrogen) atoms. The average Bonchev–Trinajstić information content (AvgIpc) is 2.53. The quantitative estimate of drug-likeness (QED) is 0.525. The number of benzene rings is 1. The van der Waals surface area contributed by atoms with E-state index in [1.807, 2.05) is 27.7 Å². The zero-order valence-corrected chi connectivity index (χ0v) is 19.0. The van der Waals surface area contributed by atoms with Gasteiger partial charge >= 0.3 is 5.97 Å². The Labute approximate surface area is 175 Å². The summed E-state index contributed by atoms with van der Waals surface area (Å²) in [5.41, 5.74) is -2.23. The van der Waals surface area contributed by atoms with Crippen molar-refractivity contribution < 1.29 is 19.5 Å². The van der Waals surface area contributed by atoms with Crippen LogP contribution < -0.4 is 10.6 Å². The van der Waals surface area contributed by atoms with Crippen LogP contribution in [-0.4, -0.2) is 34.0 Å². The van der Waals surface area contributed by atoms with Gasteiger partial charge in [-0.05, 0) is 62.8 Å². The molecular weight excluding hydrogens is 424 g/mol. The lowest BCUT2D eigenvalue weighted by Gasteiger charge is -2.36. The van der Waals surface area contributed by atoms with Crippen molar-refractivity contribution in [1.82, 2.24) is 10.6 Å². The maximum atomic E-state index is 13.1. The third-order valence-corrected chi connectivity index (χ3v) is 5.02. The number of carbonyl (C=O) groups excluding carboxylic acids is 2. The van der Waals surface area contributed by atoms with Gasteiger partial charge in [0, 0.05) is 10.0 Å². The lowest BCUT2D eigenvalue weighted by atomic mass is 9.86. The van der Waals surface area contributed by atoms with E-state index in [9.17, 15) is 19.5 Å². The smallest absolute Gasteiger partial charge is 0.329 e. The summed E-state index contributed by atoms with van der Waals surface area (Å²) >= 11 is 3.33. The summed E-state index contributed by atoms with van der Waals surface area (Å²) in [5.74, 6) is -1.79. The fourth-order valence-corrected chi connectivity index (χ4v) is 3.60. The monoisotopic (exact) mass is 454 g/mol. The molecule has 0 bridgehead atoms. The van der Waals surface area contributed by atoms with E-state index in [-0.39, 0.29) is 24.2 Å². The minimum Gasteiger partial charge on any atom is -0.480 e. The highest BCUT2D eigenvalue weighted by Crippen LogP contribution is 2.23. The first-order chi connectivity index (χ1) is 12.8. The van der Waals surface area contributed by atoms with E-state index < -0.39 is 23.0 Å². The highest BCUT2D eigenvalue weighted by atomic mass is 79.9. The molecule has 156 valence electrons. The molecule has 0 saturated heterocycles. The van der Waals surface area contributed by atoms with Crippen molar-refractivity contribution >= 4 is 33.7 Å². The lowest BCUT2D eigenvalue weighted by molar-refractivity contribution is -0.148. The molecule has 0 radical (unpaired) electrons. The number of carboxylic acid groups (broad SMARTS) is 1. The van der Waals surface area contributed by atoms with Crippen molar-refractivity contribution in [1.29, 1.82) is 0 Å². The van der Waals surface area contributed by atoms with Crippen LogP contribution in [0.2, 0.25) is 0 Å². The maximum absolute atomic E-state index is 13.1. The van der Waals surface area contributed by atoms with Crippen LogP contribution in [0.4, 0.5) is 0 Å². The molecule has 0 aromatic heterocycles. The van der Waals surface area contributed by atoms with Crippen LogP contribution in [0, 0.1) is 11.8 Å². The number of rotatable bonds is 9. The van der Waals surface area contributed by atoms with E-state index >= 15 is 0 Å². The Morgan fingerprint density at radius 3 is 1.82 bits per heavy atom. The Balaban J connectivity index is 3.12. The Morgan fingerprint density at radius 1 is 0.929 bits per heavy atom. The van der Waals surface area contributed by atoms with Crippen LogP contribution >= 0.6 is 15.9 Å². The van der Waals surface area contributed by atoms with E-state index in [1.165, 1.54) is 6.92 Å². The van der Waals surface area contributed by atoms with Crippen molar-refractivity contribution in [3.63, 3.8) is 0 Å². The van der Waals surface area contributed by atoms with Crippen molar-refractivity contribution in [3.8, 4) is 0 Å². The van der Waals surface area contributed by atoms with Crippen LogP contribution in [0.5, 0.6) is 0 Å². The van der Waals surface area contributed by atoms with Gasteiger partial charge in [0.2, 0.25) is 5.91 Å². The predicted molar refractivity (Wildman–Crippen MR) is 113 cm³/mol. The minimum absolute atomic E-state index is 0.0788. The van der Waals surface area contributed by atoms with Crippen molar-refractivity contribution in [3.05, 3.63) is 34.3 Å². The van der Waals surface area contributed by atoms with Gasteiger partial charge in [0.25, 0.3) is 5.91 Å². The number of hydrogen-bond acceptors (Lipinski definition) is 3. The topological polar surface area (TPSA) is 95.5 Å². The number of carbonyl (C=O) groups is 3. The van der Waals surface area contributed by atoms with Crippen LogP contribution in [0.15, 0.2) is 28.7 Å². The molecule has 0 heterocycles. The van der Waals surface area contributed by atoms with E-state index in [4.69, 9.17) is 0 Å². The molecule has 0 aliphatic heterocycles. The molecule has 0 unspecified atom stereocenters. The number of hydrogen-bond donors (Lipinski definition) is 3. The second kappa shape index (κ2) is 9.54. The molecular formula is C21H31BrN2O4. The molecule has 0 spiro atoms. The highest BCUT2D eigenvalue weighted by molar-refractivity contribution is 9.10. The molecule has 2 atom stereocenters. The second-order valence-corrected chi connectivity index (χ2v) is 9.50. The van der Waals surface area contributed by atoms with Crippen LogP contribution in [-0.2, 0) is 9.59 Å². The number of halogens is 1. The number of aliphatic carboxylic acids is 1. The summed E-state index contributed by atoms with van der Waals surface area (Å²) in [7, 11) is 0. The van der Waals surface area contributed by atoms with Crippen LogP contribution in [0.1, 0.15) is 64.7 Å². The molecule has 0 aliphatic rings. The third kappa shape index (κ3) is 6.62. The Hall–Kier alpha value is -1.89. The molecule has 0 saturated carbocycles. The van der Waals surface area contributed by atoms with Crippen LogP contribution in [0.3, 0.4) is 0 Å². The summed E-state index contributed by atoms with van der Waals surface area (Å²) < 4.78 is 0.845. The van der Waals surface area contributed by atoms with E-state index in [1.54, 1.807) is 31.2 Å². The number of amides is 2. The van der Waals surface area contributed by atoms with Crippen molar-refractivity contribution in [2.24, 2.45) is 11.8 Å². The van der Waals surface area contributed by atoms with Crippen molar-refractivity contribution in [2.45, 2.75) is 65.5 Å². The van der Waals surface area contributed by atoms with E-state index in [0.717, 1.165) is 4.47 Å². The zero-order chi connectivity index (χ0) is 21.7. The Bertz CT molecular complexity index is 718. The van der Waals surface area contributed by atoms with Gasteiger partial charge in [0.15, 0.2) is 0 Å². The summed E-state index contributed by atoms with van der Waals surface area (Å²) in [6.45, 7) is 10.8. The molecule has 0 fully saturated rings. The summed E-state index contributed by atoms with van der Waals surface area (Å²) in [5, 5.41) is 15.1. The Morgan fingerprint density at radius 2 is 1.39 bits per heavy atom. The van der Waals surface area contributed by atoms with Gasteiger partial charge in [-0.25, -0.2) is 4.79 Å². The average molecular weight is 455 g/mol.